The Morgan fingerprint density at radius 1 is 0.791 bits per heavy atom. The van der Waals surface area contributed by atoms with Gasteiger partial charge in [0.05, 0.1) is 65.1 Å². The van der Waals surface area contributed by atoms with E-state index in [4.69, 9.17) is 28.4 Å². The number of ether oxygens (including phenoxy) is 6. The molecule has 0 radical (unpaired) electrons. The van der Waals surface area contributed by atoms with Crippen LogP contribution in [0.3, 0.4) is 0 Å². The number of halogens is 1. The number of nitrogens with zero attached hydrogens (tertiary/aromatic N) is 2. The molecule has 362 valence electrons. The third-order valence-electron chi connectivity index (χ3n) is 12.1. The standard InChI is InChI=1S/C51H66FN5O10/c1-7-56(5)47(59)46(50(2,3)4)55-45(58)21-26-63-27-28-64-29-30-65-31-32-66-39-19-24-57(25-20-39)42-33-35-9-8-10-43(41(35)34-44(42)62-6)67-40-17-15-38(16-18-40)54-49(61)51(22-23-51)48(60)53-37-13-11-36(52)12-14-37/h8-18,33-34,39,46H,7,19-32H2,1-6H3,(H,53,60)(H,54,61)(H,55,58)/t46-/m1/s1. The van der Waals surface area contributed by atoms with Crippen LogP contribution in [0.15, 0.2) is 78.9 Å². The molecule has 1 aliphatic carbocycles. The fourth-order valence-electron chi connectivity index (χ4n) is 7.72. The minimum absolute atomic E-state index is 0.106. The lowest BCUT2D eigenvalue weighted by Crippen LogP contribution is -2.54. The molecule has 1 heterocycles. The average molecular weight is 928 g/mol. The lowest BCUT2D eigenvalue weighted by atomic mass is 9.85. The van der Waals surface area contributed by atoms with Crippen molar-refractivity contribution in [2.45, 2.75) is 71.9 Å². The number of nitrogens with one attached hydrogen (secondary N) is 3. The van der Waals surface area contributed by atoms with Gasteiger partial charge in [0.25, 0.3) is 0 Å². The van der Waals surface area contributed by atoms with Crippen LogP contribution in [0.2, 0.25) is 0 Å². The lowest BCUT2D eigenvalue weighted by molar-refractivity contribution is -0.138. The number of fused-ring (bicyclic) bond motifs is 1. The van der Waals surface area contributed by atoms with Crippen LogP contribution in [0.1, 0.15) is 59.8 Å². The van der Waals surface area contributed by atoms with Crippen LogP contribution in [-0.4, -0.2) is 121 Å². The first-order valence-electron chi connectivity index (χ1n) is 23.1. The summed E-state index contributed by atoms with van der Waals surface area (Å²) in [6.07, 6.45) is 2.87. The second-order valence-corrected chi connectivity index (χ2v) is 18.0. The maximum Gasteiger partial charge on any atom is 0.245 e. The third kappa shape index (κ3) is 14.1. The number of likely N-dealkylation sites (N-methyl/N-ethyl adjacent to an activating group) is 1. The monoisotopic (exact) mass is 927 g/mol. The van der Waals surface area contributed by atoms with Gasteiger partial charge in [0.1, 0.15) is 34.5 Å². The number of hydrogen-bond acceptors (Lipinski definition) is 11. The first-order chi connectivity index (χ1) is 32.2. The van der Waals surface area contributed by atoms with Crippen LogP contribution in [0.5, 0.6) is 17.2 Å². The third-order valence-corrected chi connectivity index (χ3v) is 12.1. The number of anilines is 3. The normalized spacial score (nSPS) is 15.1. The van der Waals surface area contributed by atoms with Gasteiger partial charge in [0.2, 0.25) is 23.6 Å². The molecule has 0 unspecified atom stereocenters. The van der Waals surface area contributed by atoms with E-state index in [1.54, 1.807) is 43.3 Å². The molecule has 0 bridgehead atoms. The summed E-state index contributed by atoms with van der Waals surface area (Å²) in [6.45, 7) is 12.7. The fraction of sp³-hybridized carbons (Fsp3) is 0.490. The van der Waals surface area contributed by atoms with E-state index < -0.39 is 34.5 Å². The minimum Gasteiger partial charge on any atom is -0.495 e. The molecule has 4 amide bonds. The van der Waals surface area contributed by atoms with Gasteiger partial charge >= 0.3 is 0 Å². The molecule has 1 saturated carbocycles. The van der Waals surface area contributed by atoms with Gasteiger partial charge in [-0.1, -0.05) is 32.9 Å². The average Bonchev–Trinajstić information content (AvgIpc) is 4.14. The first-order valence-corrected chi connectivity index (χ1v) is 23.1. The van der Waals surface area contributed by atoms with Crippen molar-refractivity contribution in [3.8, 4) is 17.2 Å². The van der Waals surface area contributed by atoms with E-state index in [1.807, 2.05) is 52.0 Å². The Labute approximate surface area is 392 Å². The minimum atomic E-state index is -1.17. The summed E-state index contributed by atoms with van der Waals surface area (Å²) in [6, 6.07) is 21.9. The zero-order valence-corrected chi connectivity index (χ0v) is 39.6. The summed E-state index contributed by atoms with van der Waals surface area (Å²) in [4.78, 5) is 55.3. The van der Waals surface area contributed by atoms with Gasteiger partial charge in [-0.3, -0.25) is 19.2 Å². The molecule has 0 spiro atoms. The maximum absolute atomic E-state index is 13.3. The SMILES string of the molecule is CCN(C)C(=O)[C@@H](NC(=O)CCOCCOCCOCCOC1CCN(c2cc3cccc(Oc4ccc(NC(=O)C5(C(=O)Nc6ccc(F)cc6)CC5)cc4)c3cc2OC)CC1)C(C)(C)C. The Morgan fingerprint density at radius 3 is 1.94 bits per heavy atom. The molecule has 6 rings (SSSR count). The van der Waals surface area contributed by atoms with Gasteiger partial charge in [0, 0.05) is 49.9 Å². The van der Waals surface area contributed by atoms with Crippen molar-refractivity contribution in [3.05, 3.63) is 84.7 Å². The molecule has 4 aromatic rings. The highest BCUT2D eigenvalue weighted by molar-refractivity contribution is 6.17. The largest absolute Gasteiger partial charge is 0.495 e. The maximum atomic E-state index is 13.3. The molecule has 15 nitrogen and oxygen atoms in total. The highest BCUT2D eigenvalue weighted by atomic mass is 19.1. The van der Waals surface area contributed by atoms with Crippen molar-refractivity contribution in [3.63, 3.8) is 0 Å². The van der Waals surface area contributed by atoms with E-state index in [2.05, 4.69) is 26.9 Å². The van der Waals surface area contributed by atoms with Crippen molar-refractivity contribution in [2.24, 2.45) is 10.8 Å². The van der Waals surface area contributed by atoms with Crippen LogP contribution < -0.4 is 30.3 Å². The zero-order chi connectivity index (χ0) is 48.0. The molecule has 67 heavy (non-hydrogen) atoms. The highest BCUT2D eigenvalue weighted by Crippen LogP contribution is 2.48. The van der Waals surface area contributed by atoms with Crippen LogP contribution in [0, 0.1) is 16.6 Å². The number of carbonyl (C=O) groups excluding carboxylic acids is 4. The lowest BCUT2D eigenvalue weighted by Gasteiger charge is -2.34. The van der Waals surface area contributed by atoms with Crippen molar-refractivity contribution in [1.82, 2.24) is 10.2 Å². The fourth-order valence-corrected chi connectivity index (χ4v) is 7.72. The number of methoxy groups -OCH3 is 1. The van der Waals surface area contributed by atoms with Crippen LogP contribution >= 0.6 is 0 Å². The summed E-state index contributed by atoms with van der Waals surface area (Å²) in [5.41, 5.74) is 0.387. The second-order valence-electron chi connectivity index (χ2n) is 18.0. The van der Waals surface area contributed by atoms with Gasteiger partial charge in [-0.05, 0) is 110 Å². The van der Waals surface area contributed by atoms with Crippen molar-refractivity contribution >= 4 is 51.5 Å². The van der Waals surface area contributed by atoms with E-state index >= 15 is 0 Å². The molecule has 3 N–H and O–H groups in total. The molecule has 1 aliphatic heterocycles. The Balaban J connectivity index is 0.863. The second kappa shape index (κ2) is 23.8. The van der Waals surface area contributed by atoms with E-state index in [1.165, 1.54) is 24.3 Å². The predicted octanol–water partition coefficient (Wildman–Crippen LogP) is 7.57. The number of benzene rings is 4. The van der Waals surface area contributed by atoms with Crippen molar-refractivity contribution in [2.75, 3.05) is 95.6 Å². The summed E-state index contributed by atoms with van der Waals surface area (Å²) in [5.74, 6) is 0.421. The van der Waals surface area contributed by atoms with Gasteiger partial charge < -0.3 is 54.2 Å². The van der Waals surface area contributed by atoms with Crippen molar-refractivity contribution < 1.29 is 52.0 Å². The van der Waals surface area contributed by atoms with Gasteiger partial charge in [-0.15, -0.1) is 0 Å². The smallest absolute Gasteiger partial charge is 0.245 e. The number of piperidine rings is 1. The molecule has 4 aromatic carbocycles. The Bertz CT molecular complexity index is 2270. The van der Waals surface area contributed by atoms with E-state index in [0.717, 1.165) is 48.1 Å². The number of rotatable bonds is 24. The Hall–Kier alpha value is -5.81. The Kier molecular flexibility index (Phi) is 18.0. The molecular weight excluding hydrogens is 862 g/mol. The molecule has 16 heteroatoms. The predicted molar refractivity (Wildman–Crippen MR) is 255 cm³/mol. The molecule has 2 aliphatic rings. The van der Waals surface area contributed by atoms with Crippen molar-refractivity contribution in [1.29, 1.82) is 0 Å². The summed E-state index contributed by atoms with van der Waals surface area (Å²) in [5, 5.41) is 10.3. The number of amides is 4. The topological polar surface area (TPSA) is 166 Å². The van der Waals surface area contributed by atoms with Crippen LogP contribution in [-0.2, 0) is 38.1 Å². The van der Waals surface area contributed by atoms with E-state index in [9.17, 15) is 23.6 Å². The quantitative estimate of drug-likeness (QED) is 0.0469. The molecule has 2 fully saturated rings. The summed E-state index contributed by atoms with van der Waals surface area (Å²) < 4.78 is 48.6. The van der Waals surface area contributed by atoms with Gasteiger partial charge in [0.15, 0.2) is 0 Å². The molecule has 1 saturated heterocycles. The van der Waals surface area contributed by atoms with Gasteiger partial charge in [-0.2, -0.15) is 0 Å². The highest BCUT2D eigenvalue weighted by Gasteiger charge is 2.56. The van der Waals surface area contributed by atoms with Gasteiger partial charge in [-0.25, -0.2) is 4.39 Å². The Morgan fingerprint density at radius 2 is 1.37 bits per heavy atom. The molecule has 0 aromatic heterocycles. The van der Waals surface area contributed by atoms with E-state index in [0.29, 0.717) is 81.9 Å². The van der Waals surface area contributed by atoms with Crippen LogP contribution in [0.4, 0.5) is 21.5 Å². The summed E-state index contributed by atoms with van der Waals surface area (Å²) in [7, 11) is 3.40. The first kappa shape index (κ1) is 50.6. The van der Waals surface area contributed by atoms with E-state index in [-0.39, 0.29) is 30.9 Å². The molecular formula is C51H66FN5O10. The number of carbonyl (C=O) groups is 4. The summed E-state index contributed by atoms with van der Waals surface area (Å²) >= 11 is 0. The van der Waals surface area contributed by atoms with Crippen LogP contribution in [0.25, 0.3) is 10.8 Å². The molecule has 1 atom stereocenters. The number of hydrogen-bond donors (Lipinski definition) is 3. The zero-order valence-electron chi connectivity index (χ0n) is 39.6.